The lowest BCUT2D eigenvalue weighted by Gasteiger charge is -2.29. The minimum absolute atomic E-state index is 0.0107. The second kappa shape index (κ2) is 10.4. The van der Waals surface area contributed by atoms with Crippen molar-refractivity contribution >= 4 is 21.8 Å². The number of ether oxygens (including phenoxy) is 2. The number of hydrogen-bond acceptors (Lipinski definition) is 7. The Balaban J connectivity index is 1.56. The van der Waals surface area contributed by atoms with E-state index >= 15 is 0 Å². The van der Waals surface area contributed by atoms with E-state index in [9.17, 15) is 18.0 Å². The fourth-order valence-electron chi connectivity index (χ4n) is 4.50. The number of piperidine rings is 1. The number of ketones is 1. The van der Waals surface area contributed by atoms with Gasteiger partial charge in [-0.05, 0) is 46.6 Å². The van der Waals surface area contributed by atoms with Crippen molar-refractivity contribution in [3.63, 3.8) is 0 Å². The quantitative estimate of drug-likeness (QED) is 0.388. The van der Waals surface area contributed by atoms with E-state index in [4.69, 9.17) is 9.47 Å². The Morgan fingerprint density at radius 2 is 1.85 bits per heavy atom. The monoisotopic (exact) mass is 494 g/mol. The lowest BCUT2D eigenvalue weighted by Crippen LogP contribution is -2.41. The minimum atomic E-state index is -3.71. The van der Waals surface area contributed by atoms with Crippen molar-refractivity contribution in [1.29, 1.82) is 0 Å². The SMILES string of the molecule is COCC(C)n1c(C)cc(C(=O)COC(=O)C2CCN(S(=O)(=O)c3cn(C)c(C)n3)CC2)c1C. The van der Waals surface area contributed by atoms with Crippen molar-refractivity contribution < 1.29 is 27.5 Å². The maximum Gasteiger partial charge on any atom is 0.309 e. The van der Waals surface area contributed by atoms with Crippen LogP contribution in [0.2, 0.25) is 0 Å². The molecule has 3 heterocycles. The number of hydrogen-bond donors (Lipinski definition) is 0. The first kappa shape index (κ1) is 26.1. The number of sulfonamides is 1. The van der Waals surface area contributed by atoms with Crippen LogP contribution in [0.25, 0.3) is 0 Å². The molecule has 0 spiro atoms. The third-order valence-electron chi connectivity index (χ3n) is 6.46. The van der Waals surface area contributed by atoms with E-state index in [2.05, 4.69) is 4.98 Å². The first-order valence-electron chi connectivity index (χ1n) is 11.3. The molecule has 10 nitrogen and oxygen atoms in total. The zero-order valence-corrected chi connectivity index (χ0v) is 21.5. The van der Waals surface area contributed by atoms with Crippen molar-refractivity contribution in [3.05, 3.63) is 35.0 Å². The van der Waals surface area contributed by atoms with Crippen LogP contribution in [0.4, 0.5) is 0 Å². The summed E-state index contributed by atoms with van der Waals surface area (Å²) in [7, 11) is -0.335. The van der Waals surface area contributed by atoms with Gasteiger partial charge in [0.05, 0.1) is 18.6 Å². The highest BCUT2D eigenvalue weighted by Gasteiger charge is 2.34. The van der Waals surface area contributed by atoms with Crippen LogP contribution in [-0.4, -0.2) is 72.0 Å². The van der Waals surface area contributed by atoms with Gasteiger partial charge >= 0.3 is 5.97 Å². The third kappa shape index (κ3) is 5.26. The Hall–Kier alpha value is -2.50. The maximum atomic E-state index is 12.8. The van der Waals surface area contributed by atoms with Crippen molar-refractivity contribution in [2.75, 3.05) is 33.4 Å². The molecule has 0 aliphatic carbocycles. The predicted octanol–water partition coefficient (Wildman–Crippen LogP) is 2.18. The fourth-order valence-corrected chi connectivity index (χ4v) is 6.00. The summed E-state index contributed by atoms with van der Waals surface area (Å²) in [6.07, 6.45) is 2.16. The van der Waals surface area contributed by atoms with Crippen molar-refractivity contribution in [3.8, 4) is 0 Å². The summed E-state index contributed by atoms with van der Waals surface area (Å²) in [5, 5.41) is 0.0107. The molecule has 0 amide bonds. The van der Waals surface area contributed by atoms with Gasteiger partial charge in [-0.1, -0.05) is 0 Å². The van der Waals surface area contributed by atoms with Gasteiger partial charge in [0, 0.05) is 50.4 Å². The van der Waals surface area contributed by atoms with Gasteiger partial charge in [0.1, 0.15) is 5.82 Å². The molecule has 0 bridgehead atoms. The summed E-state index contributed by atoms with van der Waals surface area (Å²) in [5.74, 6) is -0.571. The number of aromatic nitrogens is 3. The minimum Gasteiger partial charge on any atom is -0.457 e. The third-order valence-corrected chi connectivity index (χ3v) is 8.23. The van der Waals surface area contributed by atoms with Crippen LogP contribution in [0.5, 0.6) is 0 Å². The fraction of sp³-hybridized carbons (Fsp3) is 0.609. The molecule has 3 rings (SSSR count). The highest BCUT2D eigenvalue weighted by Crippen LogP contribution is 2.25. The molecule has 188 valence electrons. The molecule has 0 N–H and O–H groups in total. The van der Waals surface area contributed by atoms with Crippen molar-refractivity contribution in [2.45, 2.75) is 51.6 Å². The van der Waals surface area contributed by atoms with Gasteiger partial charge in [-0.2, -0.15) is 4.31 Å². The molecule has 1 saturated heterocycles. The van der Waals surface area contributed by atoms with E-state index in [-0.39, 0.29) is 36.5 Å². The number of rotatable bonds is 9. The second-order valence-electron chi connectivity index (χ2n) is 8.91. The van der Waals surface area contributed by atoms with Crippen LogP contribution in [0.3, 0.4) is 0 Å². The number of carbonyl (C=O) groups excluding carboxylic acids is 2. The summed E-state index contributed by atoms with van der Waals surface area (Å²) >= 11 is 0. The zero-order valence-electron chi connectivity index (χ0n) is 20.7. The predicted molar refractivity (Wildman–Crippen MR) is 125 cm³/mol. The molecular weight excluding hydrogens is 460 g/mol. The first-order chi connectivity index (χ1) is 16.0. The van der Waals surface area contributed by atoms with Gasteiger partial charge in [-0.25, -0.2) is 13.4 Å². The van der Waals surface area contributed by atoms with E-state index < -0.39 is 21.9 Å². The van der Waals surface area contributed by atoms with Gasteiger partial charge < -0.3 is 18.6 Å². The summed E-state index contributed by atoms with van der Waals surface area (Å²) < 4.78 is 41.3. The summed E-state index contributed by atoms with van der Waals surface area (Å²) in [6, 6.07) is 1.88. The Kier molecular flexibility index (Phi) is 7.99. The molecule has 1 fully saturated rings. The van der Waals surface area contributed by atoms with Crippen LogP contribution < -0.4 is 0 Å². The van der Waals surface area contributed by atoms with Gasteiger partial charge in [-0.15, -0.1) is 0 Å². The van der Waals surface area contributed by atoms with Gasteiger partial charge in [0.2, 0.25) is 5.78 Å². The highest BCUT2D eigenvalue weighted by atomic mass is 32.2. The van der Waals surface area contributed by atoms with Gasteiger partial charge in [0.25, 0.3) is 10.0 Å². The zero-order chi connectivity index (χ0) is 25.2. The van der Waals surface area contributed by atoms with Gasteiger partial charge in [0.15, 0.2) is 11.6 Å². The lowest BCUT2D eigenvalue weighted by molar-refractivity contribution is -0.148. The number of methoxy groups -OCH3 is 1. The van der Waals surface area contributed by atoms with Crippen molar-refractivity contribution in [2.24, 2.45) is 13.0 Å². The van der Waals surface area contributed by atoms with Crippen LogP contribution in [0.15, 0.2) is 17.3 Å². The maximum absolute atomic E-state index is 12.8. The molecule has 1 atom stereocenters. The summed E-state index contributed by atoms with van der Waals surface area (Å²) in [4.78, 5) is 29.4. The Labute approximate surface area is 200 Å². The van der Waals surface area contributed by atoms with Crippen molar-refractivity contribution in [1.82, 2.24) is 18.4 Å². The van der Waals surface area contributed by atoms with Gasteiger partial charge in [-0.3, -0.25) is 9.59 Å². The molecule has 1 unspecified atom stereocenters. The topological polar surface area (TPSA) is 113 Å². The molecule has 2 aromatic rings. The van der Waals surface area contributed by atoms with Crippen LogP contribution in [0, 0.1) is 26.7 Å². The van der Waals surface area contributed by atoms with E-state index in [1.807, 2.05) is 25.3 Å². The standard InChI is InChI=1S/C23H34N4O6S/c1-15-11-20(17(3)27(15)16(2)13-32-6)21(28)14-33-23(29)19-7-9-26(10-8-19)34(30,31)22-12-25(5)18(4)24-22/h11-12,16,19H,7-10,13-14H2,1-6H3. The molecule has 1 aliphatic heterocycles. The summed E-state index contributed by atoms with van der Waals surface area (Å²) in [6.45, 7) is 8.12. The summed E-state index contributed by atoms with van der Waals surface area (Å²) in [5.41, 5.74) is 2.28. The second-order valence-corrected chi connectivity index (χ2v) is 10.8. The molecule has 1 aliphatic rings. The Bertz CT molecular complexity index is 1140. The number of esters is 1. The molecule has 0 radical (unpaired) electrons. The smallest absolute Gasteiger partial charge is 0.309 e. The highest BCUT2D eigenvalue weighted by molar-refractivity contribution is 7.89. The number of imidazole rings is 1. The van der Waals surface area contributed by atoms with E-state index in [1.165, 1.54) is 10.5 Å². The Morgan fingerprint density at radius 1 is 1.21 bits per heavy atom. The molecule has 11 heteroatoms. The molecule has 0 aromatic carbocycles. The van der Waals surface area contributed by atoms with Crippen LogP contribution >= 0.6 is 0 Å². The first-order valence-corrected chi connectivity index (χ1v) is 12.8. The average Bonchev–Trinajstić information content (AvgIpc) is 3.30. The van der Waals surface area contributed by atoms with E-state index in [0.29, 0.717) is 30.8 Å². The van der Waals surface area contributed by atoms with E-state index in [0.717, 1.165) is 11.4 Å². The molecule has 34 heavy (non-hydrogen) atoms. The lowest BCUT2D eigenvalue weighted by atomic mass is 9.98. The van der Waals surface area contributed by atoms with Crippen LogP contribution in [-0.2, 0) is 31.3 Å². The number of carbonyl (C=O) groups is 2. The number of aryl methyl sites for hydroxylation is 3. The largest absolute Gasteiger partial charge is 0.457 e. The molecular formula is C23H34N4O6S. The Morgan fingerprint density at radius 3 is 2.41 bits per heavy atom. The average molecular weight is 495 g/mol. The molecule has 0 saturated carbocycles. The normalized spacial score (nSPS) is 16.5. The number of nitrogens with zero attached hydrogens (tertiary/aromatic N) is 4. The molecule has 2 aromatic heterocycles. The van der Waals surface area contributed by atoms with E-state index in [1.54, 1.807) is 31.7 Å². The number of Topliss-reactive ketones (excluding diaryl/α,β-unsaturated/α-hetero) is 1. The van der Waals surface area contributed by atoms with Crippen LogP contribution in [0.1, 0.15) is 53.4 Å².